The Morgan fingerprint density at radius 3 is 2.65 bits per heavy atom. The average Bonchev–Trinajstić information content (AvgIpc) is 2.83. The number of thioether (sulfide) groups is 1. The maximum absolute atomic E-state index is 14.5. The summed E-state index contributed by atoms with van der Waals surface area (Å²) < 4.78 is 17.4. The number of benzene rings is 2. The summed E-state index contributed by atoms with van der Waals surface area (Å²) in [5.74, 6) is 0.260. The Morgan fingerprint density at radius 2 is 1.92 bits per heavy atom. The number of halogens is 1. The Labute approximate surface area is 155 Å². The third-order valence-corrected chi connectivity index (χ3v) is 5.50. The molecular weight excluding hydrogens is 349 g/mol. The Hall–Kier alpha value is -2.60. The molecule has 0 atom stereocenters. The molecule has 2 heterocycles. The quantitative estimate of drug-likeness (QED) is 0.387. The fourth-order valence-corrected chi connectivity index (χ4v) is 3.85. The predicted molar refractivity (Wildman–Crippen MR) is 102 cm³/mol. The summed E-state index contributed by atoms with van der Waals surface area (Å²) in [5.41, 5.74) is 4.10. The molecule has 0 radical (unpaired) electrons. The van der Waals surface area contributed by atoms with Gasteiger partial charge in [0.15, 0.2) is 5.82 Å². The zero-order chi connectivity index (χ0) is 18.4. The number of nitrogens with zero attached hydrogens (tertiary/aromatic N) is 3. The first kappa shape index (κ1) is 16.8. The SMILES string of the molecule is CSc1ccc2c(c1)C(c1ccccc1F)=[N+]([O-])Cc1nc(C)c(C)n1-2. The molecule has 6 heteroatoms. The van der Waals surface area contributed by atoms with Crippen molar-refractivity contribution in [3.63, 3.8) is 0 Å². The van der Waals surface area contributed by atoms with Gasteiger partial charge >= 0.3 is 0 Å². The minimum Gasteiger partial charge on any atom is -0.623 e. The molecule has 4 rings (SSSR count). The molecule has 0 fully saturated rings. The van der Waals surface area contributed by atoms with Crippen LogP contribution in [0.1, 0.15) is 28.3 Å². The number of hydrogen-bond acceptors (Lipinski definition) is 3. The lowest BCUT2D eigenvalue weighted by molar-refractivity contribution is -0.475. The van der Waals surface area contributed by atoms with Crippen molar-refractivity contribution in [3.8, 4) is 5.69 Å². The third-order valence-electron chi connectivity index (χ3n) is 4.78. The molecule has 1 aliphatic rings. The second-order valence-electron chi connectivity index (χ2n) is 6.28. The molecule has 0 spiro atoms. The zero-order valence-electron chi connectivity index (χ0n) is 14.8. The molecule has 132 valence electrons. The highest BCUT2D eigenvalue weighted by atomic mass is 32.2. The second kappa shape index (κ2) is 6.29. The average molecular weight is 367 g/mol. The molecular formula is C20H18FN3OS. The number of hydrogen-bond donors (Lipinski definition) is 0. The smallest absolute Gasteiger partial charge is 0.231 e. The van der Waals surface area contributed by atoms with Crippen molar-refractivity contribution in [2.75, 3.05) is 6.26 Å². The number of hydroxylamine groups is 1. The summed E-state index contributed by atoms with van der Waals surface area (Å²) in [5, 5.41) is 13.1. The van der Waals surface area contributed by atoms with Gasteiger partial charge in [-0.05, 0) is 50.4 Å². The van der Waals surface area contributed by atoms with Gasteiger partial charge in [0.05, 0.1) is 22.5 Å². The maximum atomic E-state index is 14.5. The summed E-state index contributed by atoms with van der Waals surface area (Å²) in [6.07, 6.45) is 1.98. The monoisotopic (exact) mass is 367 g/mol. The van der Waals surface area contributed by atoms with Crippen molar-refractivity contribution < 1.29 is 9.13 Å². The van der Waals surface area contributed by atoms with E-state index in [4.69, 9.17) is 0 Å². The fourth-order valence-electron chi connectivity index (χ4n) is 3.41. The number of aryl methyl sites for hydroxylation is 1. The molecule has 1 aliphatic heterocycles. The van der Waals surface area contributed by atoms with Gasteiger partial charge in [0.25, 0.3) is 0 Å². The Bertz CT molecular complexity index is 1060. The van der Waals surface area contributed by atoms with E-state index in [1.165, 1.54) is 6.07 Å². The summed E-state index contributed by atoms with van der Waals surface area (Å²) in [6, 6.07) is 12.4. The van der Waals surface area contributed by atoms with Gasteiger partial charge in [-0.3, -0.25) is 4.57 Å². The predicted octanol–water partition coefficient (Wildman–Crippen LogP) is 4.21. The Balaban J connectivity index is 2.09. The van der Waals surface area contributed by atoms with Gasteiger partial charge in [-0.15, -0.1) is 11.8 Å². The molecule has 0 N–H and O–H groups in total. The largest absolute Gasteiger partial charge is 0.623 e. The zero-order valence-corrected chi connectivity index (χ0v) is 15.6. The highest BCUT2D eigenvalue weighted by molar-refractivity contribution is 7.98. The molecule has 0 saturated heterocycles. The van der Waals surface area contributed by atoms with Crippen LogP contribution in [-0.2, 0) is 6.54 Å². The first-order valence-corrected chi connectivity index (χ1v) is 9.54. The van der Waals surface area contributed by atoms with Gasteiger partial charge in [-0.2, -0.15) is 4.74 Å². The maximum Gasteiger partial charge on any atom is 0.231 e. The van der Waals surface area contributed by atoms with Crippen molar-refractivity contribution in [1.29, 1.82) is 0 Å². The van der Waals surface area contributed by atoms with Gasteiger partial charge in [-0.1, -0.05) is 12.1 Å². The van der Waals surface area contributed by atoms with Gasteiger partial charge in [0.2, 0.25) is 12.3 Å². The molecule has 1 aromatic heterocycles. The van der Waals surface area contributed by atoms with E-state index in [9.17, 15) is 9.60 Å². The van der Waals surface area contributed by atoms with Gasteiger partial charge in [0.1, 0.15) is 5.82 Å². The van der Waals surface area contributed by atoms with Crippen molar-refractivity contribution in [2.45, 2.75) is 25.3 Å². The number of imidazole rings is 1. The van der Waals surface area contributed by atoms with E-state index in [1.54, 1.807) is 30.0 Å². The number of rotatable bonds is 2. The number of fused-ring (bicyclic) bond motifs is 3. The third kappa shape index (κ3) is 2.52. The van der Waals surface area contributed by atoms with Crippen LogP contribution in [-0.4, -0.2) is 26.3 Å². The van der Waals surface area contributed by atoms with Crippen LogP contribution >= 0.6 is 11.8 Å². The summed E-state index contributed by atoms with van der Waals surface area (Å²) in [6.45, 7) is 3.99. The molecule has 0 amide bonds. The second-order valence-corrected chi connectivity index (χ2v) is 7.16. The van der Waals surface area contributed by atoms with E-state index in [0.29, 0.717) is 17.1 Å². The van der Waals surface area contributed by atoms with Gasteiger partial charge in [-0.25, -0.2) is 9.37 Å². The molecule has 3 aromatic rings. The lowest BCUT2D eigenvalue weighted by atomic mass is 9.99. The van der Waals surface area contributed by atoms with Gasteiger partial charge in [0, 0.05) is 10.6 Å². The molecule has 26 heavy (non-hydrogen) atoms. The van der Waals surface area contributed by atoms with E-state index in [2.05, 4.69) is 4.98 Å². The minimum atomic E-state index is -0.406. The highest BCUT2D eigenvalue weighted by Gasteiger charge is 2.30. The van der Waals surface area contributed by atoms with E-state index in [0.717, 1.165) is 32.3 Å². The van der Waals surface area contributed by atoms with Crippen molar-refractivity contribution in [1.82, 2.24) is 9.55 Å². The fraction of sp³-hybridized carbons (Fsp3) is 0.200. The van der Waals surface area contributed by atoms with Crippen LogP contribution in [0.3, 0.4) is 0 Å². The van der Waals surface area contributed by atoms with E-state index >= 15 is 0 Å². The van der Waals surface area contributed by atoms with Gasteiger partial charge < -0.3 is 5.21 Å². The Morgan fingerprint density at radius 1 is 1.15 bits per heavy atom. The first-order valence-electron chi connectivity index (χ1n) is 8.31. The molecule has 4 nitrogen and oxygen atoms in total. The molecule has 0 unspecified atom stereocenters. The van der Waals surface area contributed by atoms with Crippen molar-refractivity contribution in [3.05, 3.63) is 81.8 Å². The van der Waals surface area contributed by atoms with E-state index in [1.807, 2.05) is 42.9 Å². The Kier molecular flexibility index (Phi) is 4.07. The lowest BCUT2D eigenvalue weighted by Crippen LogP contribution is -2.19. The van der Waals surface area contributed by atoms with Crippen LogP contribution in [0.25, 0.3) is 5.69 Å². The van der Waals surface area contributed by atoms with Crippen LogP contribution in [0.5, 0.6) is 0 Å². The lowest BCUT2D eigenvalue weighted by Gasteiger charge is -2.13. The van der Waals surface area contributed by atoms with Crippen LogP contribution in [0, 0.1) is 24.9 Å². The number of aromatic nitrogens is 2. The topological polar surface area (TPSA) is 43.9 Å². The summed E-state index contributed by atoms with van der Waals surface area (Å²) in [7, 11) is 0. The van der Waals surface area contributed by atoms with E-state index < -0.39 is 5.82 Å². The van der Waals surface area contributed by atoms with Crippen LogP contribution in [0.15, 0.2) is 47.4 Å². The first-order chi connectivity index (χ1) is 12.5. The molecule has 2 aromatic carbocycles. The highest BCUT2D eigenvalue weighted by Crippen LogP contribution is 2.30. The van der Waals surface area contributed by atoms with Crippen LogP contribution < -0.4 is 0 Å². The standard InChI is InChI=1S/C20H18FN3OS/c1-12-13(2)24-18-9-8-14(26-3)10-16(18)20(23(25)11-19(24)22-12)15-6-4-5-7-17(15)21/h4-10H,11H2,1-3H3. The summed E-state index contributed by atoms with van der Waals surface area (Å²) >= 11 is 1.59. The van der Waals surface area contributed by atoms with E-state index in [-0.39, 0.29) is 6.54 Å². The summed E-state index contributed by atoms with van der Waals surface area (Å²) in [4.78, 5) is 5.58. The normalized spacial score (nSPS) is 13.4. The molecule has 0 aliphatic carbocycles. The minimum absolute atomic E-state index is 0.0711. The van der Waals surface area contributed by atoms with Crippen molar-refractivity contribution >= 4 is 17.5 Å². The molecule has 0 saturated carbocycles. The van der Waals surface area contributed by atoms with Crippen LogP contribution in [0.4, 0.5) is 4.39 Å². The molecule has 0 bridgehead atoms. The van der Waals surface area contributed by atoms with Crippen LogP contribution in [0.2, 0.25) is 0 Å². The van der Waals surface area contributed by atoms with Crippen molar-refractivity contribution in [2.24, 2.45) is 0 Å².